The lowest BCUT2D eigenvalue weighted by Crippen LogP contribution is -2.11. The third-order valence-corrected chi connectivity index (χ3v) is 4.41. The van der Waals surface area contributed by atoms with Crippen molar-refractivity contribution in [2.24, 2.45) is 5.16 Å². The van der Waals surface area contributed by atoms with Crippen LogP contribution in [0.3, 0.4) is 0 Å². The minimum Gasteiger partial charge on any atom is -0.376 e. The van der Waals surface area contributed by atoms with Gasteiger partial charge >= 0.3 is 0 Å². The van der Waals surface area contributed by atoms with Crippen LogP contribution in [0.5, 0.6) is 0 Å². The summed E-state index contributed by atoms with van der Waals surface area (Å²) in [6, 6.07) is 9.54. The highest BCUT2D eigenvalue weighted by molar-refractivity contribution is 9.10. The minimum atomic E-state index is -1.24. The van der Waals surface area contributed by atoms with Crippen molar-refractivity contribution in [3.63, 3.8) is 0 Å². The predicted molar refractivity (Wildman–Crippen MR) is 68.5 cm³/mol. The molecule has 2 unspecified atom stereocenters. The normalized spacial score (nSPS) is 20.2. The van der Waals surface area contributed by atoms with Crippen LogP contribution >= 0.6 is 15.9 Å². The van der Waals surface area contributed by atoms with Crippen LogP contribution in [0.2, 0.25) is 0 Å². The van der Waals surface area contributed by atoms with E-state index in [1.165, 1.54) is 0 Å². The topological polar surface area (TPSA) is 62.5 Å². The van der Waals surface area contributed by atoms with Gasteiger partial charge in [0.25, 0.3) is 0 Å². The zero-order valence-electron chi connectivity index (χ0n) is 8.80. The first-order valence-electron chi connectivity index (χ1n) is 4.95. The van der Waals surface area contributed by atoms with Crippen molar-refractivity contribution in [1.82, 2.24) is 0 Å². The molecular weight excluding hydrogens is 304 g/mol. The molecule has 0 fully saturated rings. The monoisotopic (exact) mass is 312 g/mol. The first-order chi connectivity index (χ1) is 8.20. The van der Waals surface area contributed by atoms with Crippen LogP contribution in [0.4, 0.5) is 0 Å². The molecule has 88 valence electrons. The quantitative estimate of drug-likeness (QED) is 0.842. The van der Waals surface area contributed by atoms with Gasteiger partial charge in [-0.05, 0) is 11.6 Å². The number of hydrogen-bond acceptors (Lipinski definition) is 4. The van der Waals surface area contributed by atoms with E-state index in [-0.39, 0.29) is 0 Å². The minimum absolute atomic E-state index is 0.327. The fourth-order valence-electron chi connectivity index (χ4n) is 1.40. The SMILES string of the molecule is N#CC1CC(S(=O)Cc2ccccc2Br)=NO1. The summed E-state index contributed by atoms with van der Waals surface area (Å²) < 4.78 is 12.9. The Balaban J connectivity index is 2.04. The van der Waals surface area contributed by atoms with Crippen molar-refractivity contribution < 1.29 is 9.05 Å². The van der Waals surface area contributed by atoms with E-state index in [1.54, 1.807) is 0 Å². The largest absolute Gasteiger partial charge is 0.376 e. The molecule has 1 aromatic rings. The van der Waals surface area contributed by atoms with E-state index in [9.17, 15) is 4.21 Å². The van der Waals surface area contributed by atoms with Crippen LogP contribution in [-0.2, 0) is 21.4 Å². The summed E-state index contributed by atoms with van der Waals surface area (Å²) in [5.41, 5.74) is 0.953. The van der Waals surface area contributed by atoms with Crippen LogP contribution in [0.15, 0.2) is 33.9 Å². The Labute approximate surface area is 110 Å². The number of nitrogens with zero attached hydrogens (tertiary/aromatic N) is 2. The van der Waals surface area contributed by atoms with Gasteiger partial charge in [0, 0.05) is 4.47 Å². The third kappa shape index (κ3) is 2.93. The van der Waals surface area contributed by atoms with Crippen LogP contribution in [-0.4, -0.2) is 15.4 Å². The maximum atomic E-state index is 12.0. The third-order valence-electron chi connectivity index (χ3n) is 2.29. The molecule has 2 atom stereocenters. The zero-order valence-corrected chi connectivity index (χ0v) is 11.2. The van der Waals surface area contributed by atoms with Crippen molar-refractivity contribution in [2.75, 3.05) is 0 Å². The molecule has 1 aromatic carbocycles. The molecule has 0 radical (unpaired) electrons. The van der Waals surface area contributed by atoms with Crippen molar-refractivity contribution in [1.29, 1.82) is 5.26 Å². The van der Waals surface area contributed by atoms with Crippen molar-refractivity contribution in [3.05, 3.63) is 34.3 Å². The van der Waals surface area contributed by atoms with Gasteiger partial charge in [0.05, 0.1) is 23.0 Å². The van der Waals surface area contributed by atoms with Gasteiger partial charge in [0.2, 0.25) is 6.10 Å². The first-order valence-corrected chi connectivity index (χ1v) is 7.06. The summed E-state index contributed by atoms with van der Waals surface area (Å²) in [7, 11) is -1.24. The number of rotatable bonds is 2. The van der Waals surface area contributed by atoms with Gasteiger partial charge in [-0.1, -0.05) is 39.3 Å². The fourth-order valence-corrected chi connectivity index (χ4v) is 3.17. The summed E-state index contributed by atoms with van der Waals surface area (Å²) >= 11 is 3.40. The number of nitriles is 1. The first kappa shape index (κ1) is 12.3. The Morgan fingerprint density at radius 3 is 3.00 bits per heavy atom. The highest BCUT2D eigenvalue weighted by Gasteiger charge is 2.25. The lowest BCUT2D eigenvalue weighted by Gasteiger charge is -2.03. The molecule has 0 bridgehead atoms. The molecule has 0 aliphatic carbocycles. The molecule has 0 saturated carbocycles. The summed E-state index contributed by atoms with van der Waals surface area (Å²) in [5.74, 6) is 0.377. The fraction of sp³-hybridized carbons (Fsp3) is 0.273. The van der Waals surface area contributed by atoms with Gasteiger partial charge in [0.1, 0.15) is 11.1 Å². The number of hydrogen-bond donors (Lipinski definition) is 0. The highest BCUT2D eigenvalue weighted by Crippen LogP contribution is 2.20. The molecule has 0 saturated heterocycles. The lowest BCUT2D eigenvalue weighted by atomic mass is 10.2. The second-order valence-electron chi connectivity index (χ2n) is 3.49. The molecule has 0 spiro atoms. The number of benzene rings is 1. The molecule has 6 heteroatoms. The molecule has 1 heterocycles. The molecule has 2 rings (SSSR count). The Kier molecular flexibility index (Phi) is 3.92. The highest BCUT2D eigenvalue weighted by atomic mass is 79.9. The van der Waals surface area contributed by atoms with Gasteiger partial charge < -0.3 is 4.84 Å². The smallest absolute Gasteiger partial charge is 0.218 e. The molecule has 1 aliphatic rings. The Bertz CT molecular complexity index is 524. The second-order valence-corrected chi connectivity index (χ2v) is 5.80. The standard InChI is InChI=1S/C11H9BrN2O2S/c12-10-4-2-1-3-8(10)7-17(15)11-5-9(6-13)16-14-11/h1-4,9H,5,7H2. The van der Waals surface area contributed by atoms with E-state index >= 15 is 0 Å². The molecule has 0 amide bonds. The molecule has 17 heavy (non-hydrogen) atoms. The Hall–Kier alpha value is -1.19. The number of halogens is 1. The van der Waals surface area contributed by atoms with E-state index < -0.39 is 16.9 Å². The molecule has 0 aromatic heterocycles. The predicted octanol–water partition coefficient (Wildman–Crippen LogP) is 2.32. The van der Waals surface area contributed by atoms with Gasteiger partial charge in [-0.25, -0.2) is 0 Å². The molecule has 1 aliphatic heterocycles. The Morgan fingerprint density at radius 2 is 2.35 bits per heavy atom. The summed E-state index contributed by atoms with van der Waals surface area (Å²) in [6.07, 6.45) is -0.263. The Morgan fingerprint density at radius 1 is 1.59 bits per heavy atom. The average molecular weight is 313 g/mol. The maximum absolute atomic E-state index is 12.0. The maximum Gasteiger partial charge on any atom is 0.218 e. The van der Waals surface area contributed by atoms with Gasteiger partial charge in [-0.2, -0.15) is 5.26 Å². The van der Waals surface area contributed by atoms with E-state index in [4.69, 9.17) is 10.1 Å². The molecule has 4 nitrogen and oxygen atoms in total. The van der Waals surface area contributed by atoms with E-state index in [2.05, 4.69) is 21.1 Å². The van der Waals surface area contributed by atoms with Gasteiger partial charge in [0.15, 0.2) is 0 Å². The van der Waals surface area contributed by atoms with Crippen molar-refractivity contribution in [2.45, 2.75) is 18.3 Å². The van der Waals surface area contributed by atoms with Crippen molar-refractivity contribution in [3.8, 4) is 6.07 Å². The molecule has 0 N–H and O–H groups in total. The lowest BCUT2D eigenvalue weighted by molar-refractivity contribution is 0.125. The summed E-state index contributed by atoms with van der Waals surface area (Å²) in [5, 5.41) is 12.8. The van der Waals surface area contributed by atoms with Gasteiger partial charge in [-0.15, -0.1) is 0 Å². The van der Waals surface area contributed by atoms with Crippen molar-refractivity contribution >= 4 is 31.8 Å². The summed E-state index contributed by atoms with van der Waals surface area (Å²) in [4.78, 5) is 4.83. The van der Waals surface area contributed by atoms with E-state index in [0.717, 1.165) is 10.0 Å². The van der Waals surface area contributed by atoms with Crippen LogP contribution in [0.1, 0.15) is 12.0 Å². The zero-order chi connectivity index (χ0) is 12.3. The summed E-state index contributed by atoms with van der Waals surface area (Å²) in [6.45, 7) is 0. The average Bonchev–Trinajstić information content (AvgIpc) is 2.81. The van der Waals surface area contributed by atoms with Gasteiger partial charge in [-0.3, -0.25) is 4.21 Å². The van der Waals surface area contributed by atoms with E-state index in [1.807, 2.05) is 30.3 Å². The van der Waals surface area contributed by atoms with Crippen LogP contribution < -0.4 is 0 Å². The van der Waals surface area contributed by atoms with E-state index in [0.29, 0.717) is 17.2 Å². The molecular formula is C11H9BrN2O2S. The number of oxime groups is 1. The van der Waals surface area contributed by atoms with Crippen LogP contribution in [0.25, 0.3) is 0 Å². The van der Waals surface area contributed by atoms with Crippen LogP contribution in [0, 0.1) is 11.3 Å². The second kappa shape index (κ2) is 5.43.